The summed E-state index contributed by atoms with van der Waals surface area (Å²) in [6.07, 6.45) is 8.80. The van der Waals surface area contributed by atoms with E-state index in [0.29, 0.717) is 0 Å². The molecule has 2 aromatic heterocycles. The number of nitrogens with zero attached hydrogens (tertiary/aromatic N) is 4. The molecule has 69 heavy (non-hydrogen) atoms. The molecule has 1 radical (unpaired) electrons. The number of halogens is 2. The fraction of sp³-hybridized carbons (Fsp3) is 0.194. The number of rotatable bonds is 4. The molecule has 8 aromatic rings. The molecule has 0 fully saturated rings. The van der Waals surface area contributed by atoms with Crippen molar-refractivity contribution >= 4 is 76.0 Å². The van der Waals surface area contributed by atoms with Gasteiger partial charge < -0.3 is 9.97 Å². The average Bonchev–Trinajstić information content (AvgIpc) is 4.12. The van der Waals surface area contributed by atoms with Crippen LogP contribution in [-0.4, -0.2) is 11.4 Å². The minimum Gasteiger partial charge on any atom is -0.656 e. The van der Waals surface area contributed by atoms with Crippen LogP contribution in [0, 0.1) is 41.5 Å². The maximum absolute atomic E-state index is 5.28. The van der Waals surface area contributed by atoms with Gasteiger partial charge in [0.15, 0.2) is 0 Å². The van der Waals surface area contributed by atoms with E-state index in [2.05, 4.69) is 209 Å². The largest absolute Gasteiger partial charge is 2.00 e. The van der Waals surface area contributed by atoms with Gasteiger partial charge in [0.2, 0.25) is 0 Å². The molecule has 0 amide bonds. The predicted molar refractivity (Wildman–Crippen MR) is 293 cm³/mol. The molecule has 4 nitrogen and oxygen atoms in total. The maximum Gasteiger partial charge on any atom is 2.00 e. The third-order valence-electron chi connectivity index (χ3n) is 14.3. The molecule has 0 atom stereocenters. The molecule has 6 aromatic carbocycles. The molecule has 2 aliphatic carbocycles. The molecule has 4 heterocycles. The van der Waals surface area contributed by atoms with Gasteiger partial charge in [-0.25, -0.2) is 9.98 Å². The van der Waals surface area contributed by atoms with Crippen LogP contribution in [-0.2, 0) is 29.9 Å². The molecule has 0 spiro atoms. The Labute approximate surface area is 433 Å². The Bertz CT molecular complexity index is 3390. The zero-order valence-electron chi connectivity index (χ0n) is 40.2. The van der Waals surface area contributed by atoms with Crippen molar-refractivity contribution in [1.82, 2.24) is 9.97 Å². The van der Waals surface area contributed by atoms with Crippen LogP contribution < -0.4 is 9.97 Å². The van der Waals surface area contributed by atoms with Gasteiger partial charge >= 0.3 is 17.1 Å². The third kappa shape index (κ3) is 8.35. The van der Waals surface area contributed by atoms with Gasteiger partial charge in [-0.05, 0) is 206 Å². The Morgan fingerprint density at radius 2 is 0.841 bits per heavy atom. The minimum atomic E-state index is 0. The van der Waals surface area contributed by atoms with Crippen LogP contribution in [0.5, 0.6) is 0 Å². The van der Waals surface area contributed by atoms with E-state index in [1.165, 1.54) is 99.5 Å². The number of aromatic nitrogens is 2. The van der Waals surface area contributed by atoms with Crippen molar-refractivity contribution in [2.45, 2.75) is 81.1 Å². The standard InChI is InChI=1S/2C31H26BrN2.Cu/c2*1-17-13-18(2)28(19(3)14-17)31-26-16-23(32)11-12-25(26)29(34-31)20(4)27-15-22-10-9-21-7-5-6-8-24(21)30(22)33-27;/h2*5-8,11-16H,9-10H2,1-4H3;/q2*-1;+2. The maximum atomic E-state index is 5.28. The topological polar surface area (TPSA) is 52.9 Å². The Kier molecular flexibility index (Phi) is 12.6. The molecule has 0 saturated carbocycles. The van der Waals surface area contributed by atoms with Crippen molar-refractivity contribution in [2.24, 2.45) is 9.98 Å². The summed E-state index contributed by atoms with van der Waals surface area (Å²) in [5.41, 5.74) is 28.9. The van der Waals surface area contributed by atoms with Crippen molar-refractivity contribution < 1.29 is 17.1 Å². The van der Waals surface area contributed by atoms with Crippen LogP contribution in [0.2, 0.25) is 0 Å². The number of aliphatic imine (C=N–C) groups is 2. The van der Waals surface area contributed by atoms with Crippen molar-refractivity contribution in [3.63, 3.8) is 0 Å². The molecule has 345 valence electrons. The van der Waals surface area contributed by atoms with Crippen LogP contribution >= 0.6 is 31.9 Å². The number of hydrogen-bond donors (Lipinski definition) is 0. The molecular weight excluding hydrogens is 1020 g/mol. The fourth-order valence-corrected chi connectivity index (χ4v) is 12.0. The van der Waals surface area contributed by atoms with Gasteiger partial charge in [-0.15, -0.1) is 22.8 Å². The molecule has 7 heteroatoms. The molecular formula is C62H52Br2CuN4. The first-order chi connectivity index (χ1) is 32.8. The van der Waals surface area contributed by atoms with Gasteiger partial charge in [0.05, 0.1) is 22.8 Å². The van der Waals surface area contributed by atoms with Crippen LogP contribution in [0.25, 0.3) is 55.2 Å². The van der Waals surface area contributed by atoms with Gasteiger partial charge in [-0.2, -0.15) is 0 Å². The summed E-state index contributed by atoms with van der Waals surface area (Å²) in [5.74, 6) is 0. The first kappa shape index (κ1) is 46.9. The van der Waals surface area contributed by atoms with E-state index in [4.69, 9.17) is 20.0 Å². The normalized spacial score (nSPS) is 16.0. The van der Waals surface area contributed by atoms with Crippen molar-refractivity contribution in [2.75, 3.05) is 0 Å². The van der Waals surface area contributed by atoms with Gasteiger partial charge in [-0.3, -0.25) is 0 Å². The predicted octanol–water partition coefficient (Wildman–Crippen LogP) is 16.5. The van der Waals surface area contributed by atoms with E-state index < -0.39 is 0 Å². The van der Waals surface area contributed by atoms with E-state index in [1.807, 2.05) is 0 Å². The summed E-state index contributed by atoms with van der Waals surface area (Å²) in [6, 6.07) is 39.3. The summed E-state index contributed by atoms with van der Waals surface area (Å²) >= 11 is 7.37. The molecule has 0 N–H and O–H groups in total. The average molecular weight is 1080 g/mol. The second-order valence-corrected chi connectivity index (χ2v) is 21.0. The zero-order valence-corrected chi connectivity index (χ0v) is 44.3. The number of fused-ring (bicyclic) bond motifs is 8. The van der Waals surface area contributed by atoms with E-state index in [1.54, 1.807) is 0 Å². The summed E-state index contributed by atoms with van der Waals surface area (Å²) in [4.78, 5) is 20.8. The van der Waals surface area contributed by atoms with Gasteiger partial charge in [0.25, 0.3) is 0 Å². The SMILES string of the molecule is CC(=C1C=C2CCc3ccccc3C2=N1)c1[n-]c(-c2c(C)cc(C)cc2C)c2cc(Br)ccc12.CC(=C1C=C2CCc3ccccc3C2=N1)c1[n-]c(-c2c(C)cc(C)cc2C)c2cc(Br)ccc12.[Cu+2]. The van der Waals surface area contributed by atoms with Gasteiger partial charge in [0, 0.05) is 20.1 Å². The van der Waals surface area contributed by atoms with Crippen LogP contribution in [0.1, 0.15) is 93.7 Å². The molecule has 2 aliphatic heterocycles. The minimum absolute atomic E-state index is 0. The van der Waals surface area contributed by atoms with Gasteiger partial charge in [0.1, 0.15) is 0 Å². The van der Waals surface area contributed by atoms with Crippen molar-refractivity contribution in [1.29, 1.82) is 0 Å². The number of aryl methyl sites for hydroxylation is 8. The number of benzene rings is 6. The molecule has 12 rings (SSSR count). The third-order valence-corrected chi connectivity index (χ3v) is 15.3. The molecule has 4 aliphatic rings. The first-order valence-corrected chi connectivity index (χ1v) is 25.3. The van der Waals surface area contributed by atoms with Crippen LogP contribution in [0.15, 0.2) is 163 Å². The number of hydrogen-bond acceptors (Lipinski definition) is 2. The zero-order chi connectivity index (χ0) is 47.1. The summed E-state index contributed by atoms with van der Waals surface area (Å²) in [7, 11) is 0. The molecule has 0 unspecified atom stereocenters. The fourth-order valence-electron chi connectivity index (χ4n) is 11.2. The van der Waals surface area contributed by atoms with Crippen molar-refractivity contribution in [3.8, 4) is 22.5 Å². The Hall–Kier alpha value is -5.82. The number of allylic oxidation sites excluding steroid dienone is 6. The van der Waals surface area contributed by atoms with Gasteiger partial charge in [-0.1, -0.05) is 128 Å². The summed E-state index contributed by atoms with van der Waals surface area (Å²) in [5, 5.41) is 4.72. The van der Waals surface area contributed by atoms with Crippen molar-refractivity contribution in [3.05, 3.63) is 220 Å². The quantitative estimate of drug-likeness (QED) is 0.165. The van der Waals surface area contributed by atoms with E-state index >= 15 is 0 Å². The molecule has 0 saturated heterocycles. The second-order valence-electron chi connectivity index (χ2n) is 19.1. The Balaban J connectivity index is 0.000000158. The summed E-state index contributed by atoms with van der Waals surface area (Å²) in [6.45, 7) is 17.4. The summed E-state index contributed by atoms with van der Waals surface area (Å²) < 4.78 is 2.14. The monoisotopic (exact) mass is 1070 g/mol. The smallest absolute Gasteiger partial charge is 0.656 e. The van der Waals surface area contributed by atoms with Crippen LogP contribution in [0.3, 0.4) is 0 Å². The first-order valence-electron chi connectivity index (χ1n) is 23.7. The Morgan fingerprint density at radius 1 is 0.464 bits per heavy atom. The van der Waals surface area contributed by atoms with E-state index in [0.717, 1.165) is 91.4 Å². The Morgan fingerprint density at radius 3 is 1.23 bits per heavy atom. The second kappa shape index (κ2) is 18.5. The van der Waals surface area contributed by atoms with Crippen LogP contribution in [0.4, 0.5) is 0 Å². The van der Waals surface area contributed by atoms with E-state index in [9.17, 15) is 0 Å². The van der Waals surface area contributed by atoms with E-state index in [-0.39, 0.29) is 17.1 Å². The molecule has 0 bridgehead atoms.